The highest BCUT2D eigenvalue weighted by Gasteiger charge is 2.47. The van der Waals surface area contributed by atoms with Crippen molar-refractivity contribution >= 4 is 23.2 Å². The SMILES string of the molecule is C[C@]1(C(=O)NC2CCCCC2)Cc2ccccc2C(=O)N1Cc1cccs1. The first-order chi connectivity index (χ1) is 13.1. The average Bonchev–Trinajstić information content (AvgIpc) is 3.19. The third-order valence-corrected chi connectivity index (χ3v) is 6.81. The van der Waals surface area contributed by atoms with Crippen molar-refractivity contribution in [3.8, 4) is 0 Å². The molecule has 0 spiro atoms. The second-order valence-corrected chi connectivity index (χ2v) is 8.92. The van der Waals surface area contributed by atoms with Crippen LogP contribution in [0.25, 0.3) is 0 Å². The van der Waals surface area contributed by atoms with E-state index in [1.54, 1.807) is 16.2 Å². The number of hydrogen-bond donors (Lipinski definition) is 1. The van der Waals surface area contributed by atoms with E-state index in [9.17, 15) is 9.59 Å². The minimum atomic E-state index is -0.868. The number of fused-ring (bicyclic) bond motifs is 1. The highest BCUT2D eigenvalue weighted by atomic mass is 32.1. The smallest absolute Gasteiger partial charge is 0.255 e. The number of thiophene rings is 1. The first-order valence-corrected chi connectivity index (χ1v) is 10.7. The third-order valence-electron chi connectivity index (χ3n) is 5.95. The van der Waals surface area contributed by atoms with Gasteiger partial charge >= 0.3 is 0 Å². The Hall–Kier alpha value is -2.14. The molecule has 4 rings (SSSR count). The Labute approximate surface area is 164 Å². The maximum absolute atomic E-state index is 13.4. The Morgan fingerprint density at radius 1 is 1.19 bits per heavy atom. The lowest BCUT2D eigenvalue weighted by Crippen LogP contribution is -2.63. The minimum Gasteiger partial charge on any atom is -0.351 e. The van der Waals surface area contributed by atoms with Gasteiger partial charge in [0.25, 0.3) is 5.91 Å². The Bertz CT molecular complexity index is 827. The number of carbonyl (C=O) groups is 2. The fourth-order valence-corrected chi connectivity index (χ4v) is 5.01. The topological polar surface area (TPSA) is 49.4 Å². The molecule has 5 heteroatoms. The summed E-state index contributed by atoms with van der Waals surface area (Å²) in [6.07, 6.45) is 6.22. The minimum absolute atomic E-state index is 0.0196. The van der Waals surface area contributed by atoms with Gasteiger partial charge in [0.15, 0.2) is 0 Å². The van der Waals surface area contributed by atoms with Crippen LogP contribution in [0.3, 0.4) is 0 Å². The lowest BCUT2D eigenvalue weighted by molar-refractivity contribution is -0.133. The van der Waals surface area contributed by atoms with Crippen molar-refractivity contribution in [1.82, 2.24) is 10.2 Å². The van der Waals surface area contributed by atoms with Crippen LogP contribution >= 0.6 is 11.3 Å². The number of nitrogens with one attached hydrogen (secondary N) is 1. The van der Waals surface area contributed by atoms with Crippen LogP contribution in [0.5, 0.6) is 0 Å². The van der Waals surface area contributed by atoms with Crippen LogP contribution in [0.2, 0.25) is 0 Å². The molecule has 0 unspecified atom stereocenters. The van der Waals surface area contributed by atoms with Crippen molar-refractivity contribution in [2.45, 2.75) is 63.6 Å². The van der Waals surface area contributed by atoms with E-state index in [4.69, 9.17) is 0 Å². The van der Waals surface area contributed by atoms with Crippen molar-refractivity contribution in [2.24, 2.45) is 0 Å². The third kappa shape index (κ3) is 3.53. The predicted molar refractivity (Wildman–Crippen MR) is 108 cm³/mol. The van der Waals surface area contributed by atoms with Gasteiger partial charge in [-0.25, -0.2) is 0 Å². The van der Waals surface area contributed by atoms with Crippen molar-refractivity contribution in [2.75, 3.05) is 0 Å². The van der Waals surface area contributed by atoms with Gasteiger partial charge in [0.2, 0.25) is 5.91 Å². The highest BCUT2D eigenvalue weighted by molar-refractivity contribution is 7.09. The fraction of sp³-hybridized carbons (Fsp3) is 0.455. The Kier molecular flexibility index (Phi) is 5.04. The van der Waals surface area contributed by atoms with E-state index < -0.39 is 5.54 Å². The molecule has 27 heavy (non-hydrogen) atoms. The largest absolute Gasteiger partial charge is 0.351 e. The quantitative estimate of drug-likeness (QED) is 0.863. The summed E-state index contributed by atoms with van der Waals surface area (Å²) in [5, 5.41) is 5.27. The summed E-state index contributed by atoms with van der Waals surface area (Å²) in [6.45, 7) is 2.39. The lowest BCUT2D eigenvalue weighted by atomic mass is 9.82. The van der Waals surface area contributed by atoms with Gasteiger partial charge < -0.3 is 10.2 Å². The first kappa shape index (κ1) is 18.2. The molecule has 1 aromatic carbocycles. The van der Waals surface area contributed by atoms with Gasteiger partial charge in [0.1, 0.15) is 5.54 Å². The van der Waals surface area contributed by atoms with Crippen molar-refractivity contribution in [1.29, 1.82) is 0 Å². The number of amides is 2. The van der Waals surface area contributed by atoms with Crippen LogP contribution in [-0.4, -0.2) is 28.3 Å². The molecule has 1 saturated carbocycles. The zero-order valence-corrected chi connectivity index (χ0v) is 16.6. The van der Waals surface area contributed by atoms with Crippen molar-refractivity contribution < 1.29 is 9.59 Å². The van der Waals surface area contributed by atoms with Crippen LogP contribution in [-0.2, 0) is 17.8 Å². The summed E-state index contributed by atoms with van der Waals surface area (Å²) in [4.78, 5) is 29.6. The molecule has 4 nitrogen and oxygen atoms in total. The molecule has 0 bridgehead atoms. The van der Waals surface area contributed by atoms with E-state index in [-0.39, 0.29) is 17.9 Å². The van der Waals surface area contributed by atoms with E-state index in [0.29, 0.717) is 13.0 Å². The van der Waals surface area contributed by atoms with E-state index in [1.807, 2.05) is 48.7 Å². The van der Waals surface area contributed by atoms with Crippen molar-refractivity contribution in [3.63, 3.8) is 0 Å². The maximum Gasteiger partial charge on any atom is 0.255 e. The summed E-state index contributed by atoms with van der Waals surface area (Å²) in [7, 11) is 0. The van der Waals surface area contributed by atoms with Crippen LogP contribution in [0.4, 0.5) is 0 Å². The van der Waals surface area contributed by atoms with Crippen LogP contribution in [0, 0.1) is 0 Å². The first-order valence-electron chi connectivity index (χ1n) is 9.81. The van der Waals surface area contributed by atoms with Gasteiger partial charge in [-0.1, -0.05) is 43.5 Å². The average molecular weight is 383 g/mol. The predicted octanol–water partition coefficient (Wildman–Crippen LogP) is 4.15. The Balaban J connectivity index is 1.65. The van der Waals surface area contributed by atoms with Gasteiger partial charge in [-0.15, -0.1) is 11.3 Å². The molecule has 2 aliphatic rings. The monoisotopic (exact) mass is 382 g/mol. The molecule has 1 N–H and O–H groups in total. The van der Waals surface area contributed by atoms with E-state index >= 15 is 0 Å². The molecule has 0 radical (unpaired) electrons. The summed E-state index contributed by atoms with van der Waals surface area (Å²) >= 11 is 1.62. The summed E-state index contributed by atoms with van der Waals surface area (Å²) < 4.78 is 0. The highest BCUT2D eigenvalue weighted by Crippen LogP contribution is 2.34. The number of benzene rings is 1. The zero-order chi connectivity index (χ0) is 18.9. The fourth-order valence-electron chi connectivity index (χ4n) is 4.31. The number of nitrogens with zero attached hydrogens (tertiary/aromatic N) is 1. The molecule has 2 aromatic rings. The summed E-state index contributed by atoms with van der Waals surface area (Å²) in [5.74, 6) is -0.0691. The lowest BCUT2D eigenvalue weighted by Gasteiger charge is -2.44. The molecule has 1 aliphatic carbocycles. The molecule has 142 valence electrons. The molecule has 1 aromatic heterocycles. The second-order valence-electron chi connectivity index (χ2n) is 7.89. The molecule has 1 aliphatic heterocycles. The molecule has 1 fully saturated rings. The number of rotatable bonds is 4. The van der Waals surface area contributed by atoms with Gasteiger partial charge in [0, 0.05) is 22.9 Å². The summed E-state index contributed by atoms with van der Waals surface area (Å²) in [6, 6.07) is 11.9. The normalized spacial score (nSPS) is 23.1. The number of carbonyl (C=O) groups excluding carboxylic acids is 2. The Morgan fingerprint density at radius 2 is 1.96 bits per heavy atom. The standard InChI is InChI=1S/C22H26N2O2S/c1-22(21(26)23-17-9-3-2-4-10-17)14-16-8-5-6-12-19(16)20(25)24(22)15-18-11-7-13-27-18/h5-8,11-13,17H,2-4,9-10,14-15H2,1H3,(H,23,26)/t22-/m1/s1. The molecule has 2 heterocycles. The zero-order valence-electron chi connectivity index (χ0n) is 15.7. The maximum atomic E-state index is 13.4. The molecule has 0 saturated heterocycles. The summed E-state index contributed by atoms with van der Waals surface area (Å²) in [5.41, 5.74) is 0.815. The van der Waals surface area contributed by atoms with Gasteiger partial charge in [-0.3, -0.25) is 9.59 Å². The van der Waals surface area contributed by atoms with Crippen LogP contribution in [0.15, 0.2) is 41.8 Å². The molecule has 1 atom stereocenters. The Morgan fingerprint density at radius 3 is 2.70 bits per heavy atom. The molecular weight excluding hydrogens is 356 g/mol. The second kappa shape index (κ2) is 7.47. The van der Waals surface area contributed by atoms with Crippen molar-refractivity contribution in [3.05, 3.63) is 57.8 Å². The molecule has 2 amide bonds. The van der Waals surface area contributed by atoms with Crippen LogP contribution < -0.4 is 5.32 Å². The van der Waals surface area contributed by atoms with Gasteiger partial charge in [0.05, 0.1) is 6.54 Å². The van der Waals surface area contributed by atoms with Gasteiger partial charge in [-0.2, -0.15) is 0 Å². The van der Waals surface area contributed by atoms with E-state index in [2.05, 4.69) is 5.32 Å². The molecular formula is C22H26N2O2S. The van der Waals surface area contributed by atoms with Crippen LogP contribution in [0.1, 0.15) is 59.8 Å². The van der Waals surface area contributed by atoms with Gasteiger partial charge in [-0.05, 0) is 42.8 Å². The van der Waals surface area contributed by atoms with E-state index in [1.165, 1.54) is 19.3 Å². The van der Waals surface area contributed by atoms with E-state index in [0.717, 1.165) is 28.8 Å². The number of hydrogen-bond acceptors (Lipinski definition) is 3.